The van der Waals surface area contributed by atoms with Crippen molar-refractivity contribution in [3.05, 3.63) is 30.6 Å². The summed E-state index contributed by atoms with van der Waals surface area (Å²) in [5.41, 5.74) is 2.11. The second-order valence-electron chi connectivity index (χ2n) is 6.03. The van der Waals surface area contributed by atoms with Crippen molar-refractivity contribution in [3.8, 4) is 0 Å². The van der Waals surface area contributed by atoms with Crippen molar-refractivity contribution < 1.29 is 5.11 Å². The van der Waals surface area contributed by atoms with Gasteiger partial charge in [-0.25, -0.2) is 4.98 Å². The van der Waals surface area contributed by atoms with Crippen molar-refractivity contribution in [3.63, 3.8) is 0 Å². The fourth-order valence-electron chi connectivity index (χ4n) is 2.64. The van der Waals surface area contributed by atoms with Gasteiger partial charge in [0.1, 0.15) is 0 Å². The minimum atomic E-state index is -0.146. The average molecular weight is 289 g/mol. The number of rotatable bonds is 9. The molecule has 1 aromatic heterocycles. The first-order valence-electron chi connectivity index (χ1n) is 7.94. The SMILES string of the molecule is CCCNC(C)(CO)CCCCn1cnc2ccccc21. The van der Waals surface area contributed by atoms with Crippen LogP contribution in [0.25, 0.3) is 11.0 Å². The standard InChI is InChI=1S/C17H27N3O/c1-3-11-19-17(2,13-21)10-6-7-12-20-14-18-15-8-4-5-9-16(15)20/h4-5,8-9,14,19,21H,3,6-7,10-13H2,1-2H3. The fraction of sp³-hybridized carbons (Fsp3) is 0.588. The lowest BCUT2D eigenvalue weighted by molar-refractivity contribution is 0.162. The molecule has 1 aromatic carbocycles. The van der Waals surface area contributed by atoms with Crippen LogP contribution >= 0.6 is 0 Å². The summed E-state index contributed by atoms with van der Waals surface area (Å²) in [6.07, 6.45) is 6.21. The first kappa shape index (κ1) is 16.0. The molecule has 21 heavy (non-hydrogen) atoms. The lowest BCUT2D eigenvalue weighted by Gasteiger charge is -2.28. The maximum Gasteiger partial charge on any atom is 0.0958 e. The first-order chi connectivity index (χ1) is 10.2. The molecule has 1 atom stereocenters. The highest BCUT2D eigenvalue weighted by Gasteiger charge is 2.21. The third-order valence-corrected chi connectivity index (χ3v) is 4.06. The summed E-state index contributed by atoms with van der Waals surface area (Å²) in [7, 11) is 0. The van der Waals surface area contributed by atoms with E-state index in [1.807, 2.05) is 18.5 Å². The molecule has 1 heterocycles. The molecule has 0 spiro atoms. The second-order valence-corrected chi connectivity index (χ2v) is 6.03. The Kier molecular flexibility index (Phi) is 5.76. The molecular formula is C17H27N3O. The fourth-order valence-corrected chi connectivity index (χ4v) is 2.64. The largest absolute Gasteiger partial charge is 0.394 e. The topological polar surface area (TPSA) is 50.1 Å². The quantitative estimate of drug-likeness (QED) is 0.698. The van der Waals surface area contributed by atoms with Crippen molar-refractivity contribution in [1.82, 2.24) is 14.9 Å². The van der Waals surface area contributed by atoms with E-state index in [1.54, 1.807) is 0 Å². The van der Waals surface area contributed by atoms with Crippen LogP contribution in [0.4, 0.5) is 0 Å². The molecular weight excluding hydrogens is 262 g/mol. The number of hydrogen-bond acceptors (Lipinski definition) is 3. The van der Waals surface area contributed by atoms with Crippen LogP contribution in [0.1, 0.15) is 39.5 Å². The Labute approximate surface area is 127 Å². The number of nitrogens with zero attached hydrogens (tertiary/aromatic N) is 2. The molecule has 116 valence electrons. The van der Waals surface area contributed by atoms with E-state index in [1.165, 1.54) is 5.52 Å². The highest BCUT2D eigenvalue weighted by Crippen LogP contribution is 2.16. The van der Waals surface area contributed by atoms with Gasteiger partial charge in [0.15, 0.2) is 0 Å². The van der Waals surface area contributed by atoms with Gasteiger partial charge in [-0.2, -0.15) is 0 Å². The van der Waals surface area contributed by atoms with Crippen molar-refractivity contribution in [2.75, 3.05) is 13.2 Å². The number of fused-ring (bicyclic) bond motifs is 1. The predicted octanol–water partition coefficient (Wildman–Crippen LogP) is 2.96. The molecule has 4 heteroatoms. The number of para-hydroxylation sites is 2. The van der Waals surface area contributed by atoms with Crippen molar-refractivity contribution >= 4 is 11.0 Å². The number of nitrogens with one attached hydrogen (secondary N) is 1. The van der Waals surface area contributed by atoms with Gasteiger partial charge in [0, 0.05) is 12.1 Å². The lowest BCUT2D eigenvalue weighted by atomic mass is 9.95. The minimum absolute atomic E-state index is 0.146. The molecule has 2 N–H and O–H groups in total. The van der Waals surface area contributed by atoms with Crippen LogP contribution in [0.5, 0.6) is 0 Å². The molecule has 2 aromatic rings. The lowest BCUT2D eigenvalue weighted by Crippen LogP contribution is -2.46. The van der Waals surface area contributed by atoms with Crippen LogP contribution in [-0.4, -0.2) is 33.3 Å². The Morgan fingerprint density at radius 3 is 2.86 bits per heavy atom. The maximum absolute atomic E-state index is 9.56. The third kappa shape index (κ3) is 4.29. The van der Waals surface area contributed by atoms with Crippen LogP contribution in [0.15, 0.2) is 30.6 Å². The average Bonchev–Trinajstić information content (AvgIpc) is 2.93. The molecule has 4 nitrogen and oxygen atoms in total. The molecule has 0 saturated heterocycles. The van der Waals surface area contributed by atoms with Gasteiger partial charge >= 0.3 is 0 Å². The number of aliphatic hydroxyl groups excluding tert-OH is 1. The maximum atomic E-state index is 9.56. The van der Waals surface area contributed by atoms with Gasteiger partial charge in [-0.3, -0.25) is 0 Å². The molecule has 1 unspecified atom stereocenters. The molecule has 2 rings (SSSR count). The van der Waals surface area contributed by atoms with E-state index in [0.717, 1.165) is 44.3 Å². The predicted molar refractivity (Wildman–Crippen MR) is 87.4 cm³/mol. The summed E-state index contributed by atoms with van der Waals surface area (Å²) in [5, 5.41) is 13.0. The van der Waals surface area contributed by atoms with Gasteiger partial charge < -0.3 is 15.0 Å². The Bertz CT molecular complexity index is 552. The monoisotopic (exact) mass is 289 g/mol. The van der Waals surface area contributed by atoms with E-state index in [9.17, 15) is 5.11 Å². The van der Waals surface area contributed by atoms with Crippen molar-refractivity contribution in [1.29, 1.82) is 0 Å². The first-order valence-corrected chi connectivity index (χ1v) is 7.94. The van der Waals surface area contributed by atoms with Crippen LogP contribution < -0.4 is 5.32 Å². The summed E-state index contributed by atoms with van der Waals surface area (Å²) in [5.74, 6) is 0. The van der Waals surface area contributed by atoms with E-state index in [2.05, 4.69) is 40.8 Å². The highest BCUT2D eigenvalue weighted by atomic mass is 16.3. The van der Waals surface area contributed by atoms with Crippen molar-refractivity contribution in [2.45, 2.75) is 51.6 Å². The Morgan fingerprint density at radius 1 is 1.29 bits per heavy atom. The van der Waals surface area contributed by atoms with E-state index >= 15 is 0 Å². The number of aromatic nitrogens is 2. The van der Waals surface area contributed by atoms with E-state index in [4.69, 9.17) is 0 Å². The number of hydrogen-bond donors (Lipinski definition) is 2. The number of aliphatic hydroxyl groups is 1. The molecule has 0 aliphatic rings. The van der Waals surface area contributed by atoms with Gasteiger partial charge in [0.05, 0.1) is 24.0 Å². The Morgan fingerprint density at radius 2 is 2.10 bits per heavy atom. The molecule has 0 aliphatic carbocycles. The number of benzene rings is 1. The van der Waals surface area contributed by atoms with Crippen LogP contribution in [0.3, 0.4) is 0 Å². The van der Waals surface area contributed by atoms with E-state index < -0.39 is 0 Å². The summed E-state index contributed by atoms with van der Waals surface area (Å²) >= 11 is 0. The normalized spacial score (nSPS) is 14.4. The van der Waals surface area contributed by atoms with Gasteiger partial charge in [-0.15, -0.1) is 0 Å². The van der Waals surface area contributed by atoms with E-state index in [0.29, 0.717) is 0 Å². The van der Waals surface area contributed by atoms with Gasteiger partial charge in [0.2, 0.25) is 0 Å². The van der Waals surface area contributed by atoms with Crippen LogP contribution in [0.2, 0.25) is 0 Å². The second kappa shape index (κ2) is 7.57. The zero-order valence-corrected chi connectivity index (χ0v) is 13.2. The smallest absolute Gasteiger partial charge is 0.0958 e. The molecule has 0 radical (unpaired) electrons. The molecule has 0 amide bonds. The molecule has 0 aliphatic heterocycles. The summed E-state index contributed by atoms with van der Waals surface area (Å²) < 4.78 is 2.21. The van der Waals surface area contributed by atoms with Gasteiger partial charge in [-0.1, -0.05) is 19.1 Å². The van der Waals surface area contributed by atoms with Gasteiger partial charge in [0.25, 0.3) is 0 Å². The summed E-state index contributed by atoms with van der Waals surface area (Å²) in [4.78, 5) is 4.41. The minimum Gasteiger partial charge on any atom is -0.394 e. The molecule has 0 fully saturated rings. The van der Waals surface area contributed by atoms with Gasteiger partial charge in [-0.05, 0) is 51.3 Å². The zero-order chi connectivity index (χ0) is 15.1. The van der Waals surface area contributed by atoms with Crippen LogP contribution in [-0.2, 0) is 6.54 Å². The van der Waals surface area contributed by atoms with E-state index in [-0.39, 0.29) is 12.1 Å². The third-order valence-electron chi connectivity index (χ3n) is 4.06. The number of aryl methyl sites for hydroxylation is 1. The highest BCUT2D eigenvalue weighted by molar-refractivity contribution is 5.74. The molecule has 0 saturated carbocycles. The summed E-state index contributed by atoms with van der Waals surface area (Å²) in [6, 6.07) is 8.23. The molecule has 0 bridgehead atoms. The number of unbranched alkanes of at least 4 members (excludes halogenated alkanes) is 1. The Hall–Kier alpha value is -1.39. The summed E-state index contributed by atoms with van der Waals surface area (Å²) in [6.45, 7) is 6.39. The van der Waals surface area contributed by atoms with Crippen LogP contribution in [0, 0.1) is 0 Å². The number of imidazole rings is 1. The zero-order valence-electron chi connectivity index (χ0n) is 13.2. The Balaban J connectivity index is 1.81. The van der Waals surface area contributed by atoms with Crippen molar-refractivity contribution in [2.24, 2.45) is 0 Å².